The summed E-state index contributed by atoms with van der Waals surface area (Å²) in [7, 11) is 1.60. The summed E-state index contributed by atoms with van der Waals surface area (Å²) in [6.45, 7) is 4.83. The van der Waals surface area contributed by atoms with Crippen molar-refractivity contribution in [2.24, 2.45) is 5.92 Å². The number of carbonyl (C=O) groups excluding carboxylic acids is 2. The fraction of sp³-hybridized carbons (Fsp3) is 0.360. The molecule has 0 bridgehead atoms. The largest absolute Gasteiger partial charge is 0.503 e. The molecular weight excluding hydrogens is 394 g/mol. The number of Topliss-reactive ketones (excluding diaryl/α,β-unsaturated/α-hetero) is 1. The number of carbonyl (C=O) groups is 2. The summed E-state index contributed by atoms with van der Waals surface area (Å²) < 4.78 is 10.9. The number of benzene rings is 2. The molecule has 0 spiro atoms. The van der Waals surface area contributed by atoms with Crippen molar-refractivity contribution in [2.75, 3.05) is 20.3 Å². The Balaban J connectivity index is 1.84. The van der Waals surface area contributed by atoms with Gasteiger partial charge in [0.1, 0.15) is 12.4 Å². The number of nitrogens with zero attached hydrogens (tertiary/aromatic N) is 1. The number of aliphatic hydroxyl groups is 1. The number of hydrogen-bond acceptors (Lipinski definition) is 5. The van der Waals surface area contributed by atoms with Gasteiger partial charge < -0.3 is 19.5 Å². The van der Waals surface area contributed by atoms with Crippen LogP contribution in [0.25, 0.3) is 0 Å². The Hall–Kier alpha value is -3.12. The molecule has 0 radical (unpaired) electrons. The van der Waals surface area contributed by atoms with Crippen LogP contribution in [0.4, 0.5) is 0 Å². The molecule has 164 valence electrons. The summed E-state index contributed by atoms with van der Waals surface area (Å²) in [6, 6.07) is 16.6. The second kappa shape index (κ2) is 10.3. The van der Waals surface area contributed by atoms with E-state index in [0.717, 1.165) is 11.1 Å². The standard InChI is InChI=1S/C25H29NO5/c1-17(2)23(27)21-22(26(14-7-15-30-3)25(29)24(21)28)19-10-12-20(13-11-19)31-16-18-8-5-4-6-9-18/h4-6,8-13,17,22,28H,7,14-16H2,1-3H3. The van der Waals surface area contributed by atoms with Gasteiger partial charge in [-0.05, 0) is 29.7 Å². The van der Waals surface area contributed by atoms with Crippen LogP contribution < -0.4 is 4.74 Å². The van der Waals surface area contributed by atoms with E-state index in [1.165, 1.54) is 0 Å². The molecular formula is C25H29NO5. The topological polar surface area (TPSA) is 76.1 Å². The number of hydrogen-bond donors (Lipinski definition) is 1. The van der Waals surface area contributed by atoms with Crippen LogP contribution in [0.15, 0.2) is 65.9 Å². The van der Waals surface area contributed by atoms with Gasteiger partial charge in [-0.1, -0.05) is 56.3 Å². The highest BCUT2D eigenvalue weighted by Crippen LogP contribution is 2.39. The zero-order valence-electron chi connectivity index (χ0n) is 18.2. The summed E-state index contributed by atoms with van der Waals surface area (Å²) in [5.41, 5.74) is 1.98. The third-order valence-electron chi connectivity index (χ3n) is 5.29. The highest BCUT2D eigenvalue weighted by molar-refractivity contribution is 6.09. The van der Waals surface area contributed by atoms with E-state index < -0.39 is 17.7 Å². The highest BCUT2D eigenvalue weighted by atomic mass is 16.5. The van der Waals surface area contributed by atoms with Crippen molar-refractivity contribution in [3.05, 3.63) is 77.1 Å². The number of methoxy groups -OCH3 is 1. The number of ketones is 1. The predicted molar refractivity (Wildman–Crippen MR) is 118 cm³/mol. The summed E-state index contributed by atoms with van der Waals surface area (Å²) in [4.78, 5) is 27.1. The number of amides is 1. The Bertz CT molecular complexity index is 934. The quantitative estimate of drug-likeness (QED) is 0.579. The van der Waals surface area contributed by atoms with Crippen molar-refractivity contribution >= 4 is 11.7 Å². The van der Waals surface area contributed by atoms with E-state index in [1.807, 2.05) is 54.6 Å². The molecule has 1 atom stereocenters. The van der Waals surface area contributed by atoms with Gasteiger partial charge in [-0.15, -0.1) is 0 Å². The SMILES string of the molecule is COCCCN1C(=O)C(O)=C(C(=O)C(C)C)C1c1ccc(OCc2ccccc2)cc1. The van der Waals surface area contributed by atoms with Gasteiger partial charge in [0, 0.05) is 26.2 Å². The van der Waals surface area contributed by atoms with Crippen LogP contribution in [0.3, 0.4) is 0 Å². The van der Waals surface area contributed by atoms with E-state index in [4.69, 9.17) is 9.47 Å². The van der Waals surface area contributed by atoms with Gasteiger partial charge in [0.25, 0.3) is 5.91 Å². The van der Waals surface area contributed by atoms with Gasteiger partial charge in [0.05, 0.1) is 11.6 Å². The Labute approximate surface area is 183 Å². The smallest absolute Gasteiger partial charge is 0.290 e. The molecule has 31 heavy (non-hydrogen) atoms. The second-order valence-electron chi connectivity index (χ2n) is 7.87. The minimum atomic E-state index is -0.623. The molecule has 6 heteroatoms. The van der Waals surface area contributed by atoms with Crippen LogP contribution in [0, 0.1) is 5.92 Å². The lowest BCUT2D eigenvalue weighted by molar-refractivity contribution is -0.129. The van der Waals surface area contributed by atoms with Gasteiger partial charge in [-0.3, -0.25) is 9.59 Å². The van der Waals surface area contributed by atoms with E-state index in [1.54, 1.807) is 25.9 Å². The third-order valence-corrected chi connectivity index (χ3v) is 5.29. The molecule has 1 unspecified atom stereocenters. The lowest BCUT2D eigenvalue weighted by Gasteiger charge is -2.27. The summed E-state index contributed by atoms with van der Waals surface area (Å²) in [5, 5.41) is 10.5. The fourth-order valence-corrected chi connectivity index (χ4v) is 3.66. The van der Waals surface area contributed by atoms with Crippen molar-refractivity contribution in [3.8, 4) is 5.75 Å². The lowest BCUT2D eigenvalue weighted by atomic mass is 9.91. The van der Waals surface area contributed by atoms with Gasteiger partial charge in [0.2, 0.25) is 0 Å². The molecule has 1 N–H and O–H groups in total. The Kier molecular flexibility index (Phi) is 7.47. The molecule has 2 aromatic rings. The van der Waals surface area contributed by atoms with Crippen LogP contribution >= 0.6 is 0 Å². The molecule has 0 saturated carbocycles. The zero-order valence-corrected chi connectivity index (χ0v) is 18.2. The fourth-order valence-electron chi connectivity index (χ4n) is 3.66. The molecule has 0 saturated heterocycles. The molecule has 0 fully saturated rings. The first-order chi connectivity index (χ1) is 14.9. The van der Waals surface area contributed by atoms with E-state index in [2.05, 4.69) is 0 Å². The average molecular weight is 424 g/mol. The summed E-state index contributed by atoms with van der Waals surface area (Å²) in [5.74, 6) is -0.845. The molecule has 2 aromatic carbocycles. The number of aliphatic hydroxyl groups excluding tert-OH is 1. The zero-order chi connectivity index (χ0) is 22.4. The lowest BCUT2D eigenvalue weighted by Crippen LogP contribution is -2.33. The number of rotatable bonds is 10. The van der Waals surface area contributed by atoms with E-state index in [9.17, 15) is 14.7 Å². The van der Waals surface area contributed by atoms with E-state index in [-0.39, 0.29) is 17.3 Å². The molecule has 0 aliphatic carbocycles. The minimum Gasteiger partial charge on any atom is -0.503 e. The van der Waals surface area contributed by atoms with Gasteiger partial charge >= 0.3 is 0 Å². The number of ether oxygens (including phenoxy) is 2. The summed E-state index contributed by atoms with van der Waals surface area (Å²) >= 11 is 0. The van der Waals surface area contributed by atoms with Crippen molar-refractivity contribution < 1.29 is 24.2 Å². The maximum atomic E-state index is 12.8. The molecule has 1 heterocycles. The van der Waals surface area contributed by atoms with Crippen molar-refractivity contribution in [2.45, 2.75) is 32.9 Å². The average Bonchev–Trinajstić information content (AvgIpc) is 3.03. The molecule has 3 rings (SSSR count). The third kappa shape index (κ3) is 5.14. The maximum Gasteiger partial charge on any atom is 0.290 e. The molecule has 0 aromatic heterocycles. The van der Waals surface area contributed by atoms with Crippen LogP contribution in [0.5, 0.6) is 5.75 Å². The maximum absolute atomic E-state index is 12.8. The van der Waals surface area contributed by atoms with Crippen LogP contribution in [0.1, 0.15) is 37.4 Å². The first kappa shape index (κ1) is 22.6. The van der Waals surface area contributed by atoms with Crippen LogP contribution in [0.2, 0.25) is 0 Å². The normalized spacial score (nSPS) is 16.3. The molecule has 1 aliphatic rings. The molecule has 1 aliphatic heterocycles. The monoisotopic (exact) mass is 423 g/mol. The minimum absolute atomic E-state index is 0.162. The van der Waals surface area contributed by atoms with Gasteiger partial charge in [-0.25, -0.2) is 0 Å². The highest BCUT2D eigenvalue weighted by Gasteiger charge is 2.43. The Morgan fingerprint density at radius 1 is 1.10 bits per heavy atom. The van der Waals surface area contributed by atoms with Crippen molar-refractivity contribution in [1.82, 2.24) is 4.90 Å². The summed E-state index contributed by atoms with van der Waals surface area (Å²) in [6.07, 6.45) is 0.605. The van der Waals surface area contributed by atoms with Crippen LogP contribution in [-0.2, 0) is 20.9 Å². The van der Waals surface area contributed by atoms with Crippen molar-refractivity contribution in [3.63, 3.8) is 0 Å². The molecule has 1 amide bonds. The first-order valence-corrected chi connectivity index (χ1v) is 10.5. The van der Waals surface area contributed by atoms with E-state index in [0.29, 0.717) is 31.9 Å². The second-order valence-corrected chi connectivity index (χ2v) is 7.87. The predicted octanol–water partition coefficient (Wildman–Crippen LogP) is 4.22. The van der Waals surface area contributed by atoms with E-state index >= 15 is 0 Å². The Morgan fingerprint density at radius 2 is 1.77 bits per heavy atom. The van der Waals surface area contributed by atoms with Crippen molar-refractivity contribution in [1.29, 1.82) is 0 Å². The van der Waals surface area contributed by atoms with Gasteiger partial charge in [-0.2, -0.15) is 0 Å². The van der Waals surface area contributed by atoms with Gasteiger partial charge in [0.15, 0.2) is 11.5 Å². The van der Waals surface area contributed by atoms with Crippen LogP contribution in [-0.4, -0.2) is 42.0 Å². The Morgan fingerprint density at radius 3 is 2.39 bits per heavy atom. The molecule has 6 nitrogen and oxygen atoms in total. The first-order valence-electron chi connectivity index (χ1n) is 10.5.